The molecule has 0 amide bonds. The third-order valence-corrected chi connectivity index (χ3v) is 3.83. The molecule has 19 heavy (non-hydrogen) atoms. The molecule has 1 aromatic carbocycles. The molecule has 0 fully saturated rings. The second-order valence-electron chi connectivity index (χ2n) is 6.08. The van der Waals surface area contributed by atoms with Crippen LogP contribution in [0.25, 0.3) is 0 Å². The molecule has 0 radical (unpaired) electrons. The molecule has 2 nitrogen and oxygen atoms in total. The second kappa shape index (κ2) is 8.34. The zero-order valence-corrected chi connectivity index (χ0v) is 13.0. The topological polar surface area (TPSA) is 29.3 Å². The van der Waals surface area contributed by atoms with Gasteiger partial charge in [0, 0.05) is 6.54 Å². The van der Waals surface area contributed by atoms with Crippen molar-refractivity contribution in [2.45, 2.75) is 39.5 Å². The van der Waals surface area contributed by atoms with E-state index in [0.29, 0.717) is 11.8 Å². The Hall–Kier alpha value is -0.860. The predicted octanol–water partition coefficient (Wildman–Crippen LogP) is 3.27. The summed E-state index contributed by atoms with van der Waals surface area (Å²) in [6, 6.07) is 9.06. The Bertz CT molecular complexity index is 343. The molecular weight excluding hydrogens is 232 g/mol. The van der Waals surface area contributed by atoms with E-state index in [0.717, 1.165) is 26.1 Å². The highest BCUT2D eigenvalue weighted by atomic mass is 15.1. The summed E-state index contributed by atoms with van der Waals surface area (Å²) in [6.45, 7) is 9.76. The fourth-order valence-corrected chi connectivity index (χ4v) is 2.06. The number of hydrogen-bond donors (Lipinski definition) is 1. The van der Waals surface area contributed by atoms with Crippen LogP contribution in [0.15, 0.2) is 24.3 Å². The molecule has 0 aliphatic carbocycles. The minimum absolute atomic E-state index is 0.620. The minimum atomic E-state index is 0.620. The van der Waals surface area contributed by atoms with Gasteiger partial charge in [-0.05, 0) is 55.9 Å². The maximum absolute atomic E-state index is 5.64. The first kappa shape index (κ1) is 16.2. The Labute approximate surface area is 119 Å². The first-order valence-corrected chi connectivity index (χ1v) is 7.50. The molecular formula is C17H30N2. The van der Waals surface area contributed by atoms with Crippen LogP contribution in [0.5, 0.6) is 0 Å². The van der Waals surface area contributed by atoms with Gasteiger partial charge in [-0.1, -0.05) is 45.0 Å². The van der Waals surface area contributed by atoms with E-state index in [2.05, 4.69) is 57.0 Å². The highest BCUT2D eigenvalue weighted by molar-refractivity contribution is 5.24. The summed E-state index contributed by atoms with van der Waals surface area (Å²) >= 11 is 0. The zero-order valence-electron chi connectivity index (χ0n) is 13.0. The molecule has 2 heteroatoms. The lowest BCUT2D eigenvalue weighted by Crippen LogP contribution is -2.25. The molecule has 1 aromatic rings. The number of nitrogens with zero attached hydrogens (tertiary/aromatic N) is 1. The molecule has 0 saturated carbocycles. The molecule has 0 heterocycles. The van der Waals surface area contributed by atoms with Gasteiger partial charge in [0.15, 0.2) is 0 Å². The van der Waals surface area contributed by atoms with Gasteiger partial charge in [-0.3, -0.25) is 0 Å². The van der Waals surface area contributed by atoms with E-state index in [-0.39, 0.29) is 0 Å². The van der Waals surface area contributed by atoms with Gasteiger partial charge in [-0.15, -0.1) is 0 Å². The van der Waals surface area contributed by atoms with Crippen molar-refractivity contribution in [2.75, 3.05) is 26.7 Å². The van der Waals surface area contributed by atoms with Crippen molar-refractivity contribution in [3.05, 3.63) is 35.4 Å². The number of rotatable bonds is 8. The van der Waals surface area contributed by atoms with Gasteiger partial charge in [0.25, 0.3) is 0 Å². The van der Waals surface area contributed by atoms with Crippen molar-refractivity contribution < 1.29 is 0 Å². The first-order valence-electron chi connectivity index (χ1n) is 7.50. The maximum atomic E-state index is 5.64. The minimum Gasteiger partial charge on any atom is -0.330 e. The van der Waals surface area contributed by atoms with E-state index in [9.17, 15) is 0 Å². The summed E-state index contributed by atoms with van der Waals surface area (Å²) in [4.78, 5) is 2.41. The molecule has 0 aliphatic heterocycles. The maximum Gasteiger partial charge on any atom is 0.00188 e. The summed E-state index contributed by atoms with van der Waals surface area (Å²) in [5.41, 5.74) is 8.50. The molecule has 0 aromatic heterocycles. The Morgan fingerprint density at radius 2 is 1.68 bits per heavy atom. The Balaban J connectivity index is 2.31. The summed E-state index contributed by atoms with van der Waals surface area (Å²) < 4.78 is 0. The van der Waals surface area contributed by atoms with Gasteiger partial charge >= 0.3 is 0 Å². The lowest BCUT2D eigenvalue weighted by atomic mass is 10.0. The van der Waals surface area contributed by atoms with Crippen molar-refractivity contribution in [2.24, 2.45) is 11.7 Å². The molecule has 0 spiro atoms. The molecule has 0 aliphatic rings. The first-order chi connectivity index (χ1) is 9.02. The van der Waals surface area contributed by atoms with Gasteiger partial charge in [-0.2, -0.15) is 0 Å². The third-order valence-electron chi connectivity index (χ3n) is 3.83. The normalized spacial score (nSPS) is 13.2. The van der Waals surface area contributed by atoms with Crippen molar-refractivity contribution in [1.82, 2.24) is 4.90 Å². The van der Waals surface area contributed by atoms with Crippen molar-refractivity contribution in [1.29, 1.82) is 0 Å². The Kier molecular flexibility index (Phi) is 7.11. The summed E-state index contributed by atoms with van der Waals surface area (Å²) in [6.07, 6.45) is 2.32. The predicted molar refractivity (Wildman–Crippen MR) is 84.6 cm³/mol. The Morgan fingerprint density at radius 1 is 1.05 bits per heavy atom. The van der Waals surface area contributed by atoms with E-state index in [1.165, 1.54) is 17.5 Å². The van der Waals surface area contributed by atoms with Crippen LogP contribution in [0.3, 0.4) is 0 Å². The second-order valence-corrected chi connectivity index (χ2v) is 6.08. The number of nitrogens with two attached hydrogens (primary N) is 1. The van der Waals surface area contributed by atoms with Crippen LogP contribution in [0.4, 0.5) is 0 Å². The summed E-state index contributed by atoms with van der Waals surface area (Å²) in [5.74, 6) is 1.25. The van der Waals surface area contributed by atoms with E-state index in [1.807, 2.05) is 0 Å². The van der Waals surface area contributed by atoms with Crippen molar-refractivity contribution in [3.8, 4) is 0 Å². The largest absolute Gasteiger partial charge is 0.330 e. The molecule has 0 saturated heterocycles. The monoisotopic (exact) mass is 262 g/mol. The number of benzene rings is 1. The molecule has 2 N–H and O–H groups in total. The molecule has 0 bridgehead atoms. The van der Waals surface area contributed by atoms with Crippen LogP contribution in [0.1, 0.15) is 44.2 Å². The van der Waals surface area contributed by atoms with E-state index >= 15 is 0 Å². The smallest absolute Gasteiger partial charge is 0.00188 e. The fourth-order valence-electron chi connectivity index (χ4n) is 2.06. The highest BCUT2D eigenvalue weighted by Crippen LogP contribution is 2.15. The third kappa shape index (κ3) is 6.22. The van der Waals surface area contributed by atoms with Crippen LogP contribution in [0, 0.1) is 5.92 Å². The molecule has 1 rings (SSSR count). The van der Waals surface area contributed by atoms with Gasteiger partial charge in [-0.25, -0.2) is 0 Å². The lowest BCUT2D eigenvalue weighted by molar-refractivity contribution is 0.310. The van der Waals surface area contributed by atoms with Crippen LogP contribution in [-0.2, 0) is 6.42 Å². The summed E-state index contributed by atoms with van der Waals surface area (Å²) in [7, 11) is 2.20. The molecule has 108 valence electrons. The molecule has 1 atom stereocenters. The average molecular weight is 262 g/mol. The van der Waals surface area contributed by atoms with Crippen molar-refractivity contribution >= 4 is 0 Å². The van der Waals surface area contributed by atoms with Crippen LogP contribution < -0.4 is 5.73 Å². The van der Waals surface area contributed by atoms with Gasteiger partial charge < -0.3 is 10.6 Å². The van der Waals surface area contributed by atoms with E-state index in [4.69, 9.17) is 5.73 Å². The fraction of sp³-hybridized carbons (Fsp3) is 0.647. The van der Waals surface area contributed by atoms with E-state index in [1.54, 1.807) is 0 Å². The molecule has 1 unspecified atom stereocenters. The van der Waals surface area contributed by atoms with Crippen molar-refractivity contribution in [3.63, 3.8) is 0 Å². The van der Waals surface area contributed by atoms with Crippen LogP contribution >= 0.6 is 0 Å². The Morgan fingerprint density at radius 3 is 2.21 bits per heavy atom. The van der Waals surface area contributed by atoms with Crippen LogP contribution in [-0.4, -0.2) is 31.6 Å². The van der Waals surface area contributed by atoms with Gasteiger partial charge in [0.2, 0.25) is 0 Å². The average Bonchev–Trinajstić information content (AvgIpc) is 2.42. The SMILES string of the molecule is CC(CN)CCN(C)CCc1ccc(C(C)C)cc1. The van der Waals surface area contributed by atoms with E-state index < -0.39 is 0 Å². The van der Waals surface area contributed by atoms with Crippen LogP contribution in [0.2, 0.25) is 0 Å². The number of likely N-dealkylation sites (N-methyl/N-ethyl adjacent to an activating group) is 1. The lowest BCUT2D eigenvalue weighted by Gasteiger charge is -2.18. The number of hydrogen-bond acceptors (Lipinski definition) is 2. The van der Waals surface area contributed by atoms with Gasteiger partial charge in [0.05, 0.1) is 0 Å². The highest BCUT2D eigenvalue weighted by Gasteiger charge is 2.04. The van der Waals surface area contributed by atoms with Gasteiger partial charge in [0.1, 0.15) is 0 Å². The standard InChI is InChI=1S/C17H30N2/c1-14(2)17-7-5-16(6-8-17)10-12-19(4)11-9-15(3)13-18/h5-8,14-15H,9-13,18H2,1-4H3. The quantitative estimate of drug-likeness (QED) is 0.779. The summed E-state index contributed by atoms with van der Waals surface area (Å²) in [5, 5.41) is 0. The zero-order chi connectivity index (χ0) is 14.3.